The van der Waals surface area contributed by atoms with E-state index in [9.17, 15) is 4.39 Å². The third-order valence-electron chi connectivity index (χ3n) is 4.28. The average Bonchev–Trinajstić information content (AvgIpc) is 3.14. The van der Waals surface area contributed by atoms with Gasteiger partial charge >= 0.3 is 0 Å². The van der Waals surface area contributed by atoms with Gasteiger partial charge in [0.1, 0.15) is 11.6 Å². The van der Waals surface area contributed by atoms with Crippen molar-refractivity contribution in [3.63, 3.8) is 0 Å². The third-order valence-corrected chi connectivity index (χ3v) is 4.89. The van der Waals surface area contributed by atoms with Crippen LogP contribution in [0.2, 0.25) is 0 Å². The molecule has 0 N–H and O–H groups in total. The van der Waals surface area contributed by atoms with Gasteiger partial charge in [0.05, 0.1) is 6.54 Å². The van der Waals surface area contributed by atoms with E-state index in [1.165, 1.54) is 12.1 Å². The first-order valence-electron chi connectivity index (χ1n) is 8.01. The van der Waals surface area contributed by atoms with Crippen LogP contribution in [0, 0.1) is 5.82 Å². The zero-order valence-corrected chi connectivity index (χ0v) is 14.5. The van der Waals surface area contributed by atoms with Crippen molar-refractivity contribution in [2.45, 2.75) is 25.3 Å². The van der Waals surface area contributed by atoms with Crippen LogP contribution in [-0.4, -0.2) is 51.8 Å². The molecule has 0 bridgehead atoms. The minimum Gasteiger partial charge on any atom is -0.306 e. The monoisotopic (exact) mass is 334 g/mol. The number of benzene rings is 1. The number of nitrogens with zero attached hydrogens (tertiary/aromatic N) is 4. The van der Waals surface area contributed by atoms with Crippen molar-refractivity contribution < 1.29 is 4.39 Å². The molecule has 0 saturated carbocycles. The summed E-state index contributed by atoms with van der Waals surface area (Å²) in [4.78, 5) is 7.15. The Morgan fingerprint density at radius 2 is 2.09 bits per heavy atom. The lowest BCUT2D eigenvalue weighted by molar-refractivity contribution is 0.407. The molecule has 1 aliphatic rings. The number of likely N-dealkylation sites (tertiary alicyclic amines) is 1. The summed E-state index contributed by atoms with van der Waals surface area (Å²) in [7, 11) is 2.15. The van der Waals surface area contributed by atoms with Crippen LogP contribution in [0.3, 0.4) is 0 Å². The summed E-state index contributed by atoms with van der Waals surface area (Å²) in [5, 5.41) is 4.72. The molecule has 23 heavy (non-hydrogen) atoms. The minimum absolute atomic E-state index is 0.203. The lowest BCUT2D eigenvalue weighted by Gasteiger charge is -2.12. The molecule has 6 heteroatoms. The van der Waals surface area contributed by atoms with Crippen molar-refractivity contribution in [3.8, 4) is 0 Å². The highest BCUT2D eigenvalue weighted by atomic mass is 32.2. The Kier molecular flexibility index (Phi) is 5.33. The first-order chi connectivity index (χ1) is 11.2. The van der Waals surface area contributed by atoms with Crippen LogP contribution in [0.1, 0.15) is 29.6 Å². The Hall–Kier alpha value is -1.40. The van der Waals surface area contributed by atoms with Gasteiger partial charge in [-0.15, -0.1) is 0 Å². The van der Waals surface area contributed by atoms with Crippen LogP contribution in [0.15, 0.2) is 24.3 Å². The average molecular weight is 334 g/mol. The van der Waals surface area contributed by atoms with Crippen LogP contribution in [0.4, 0.5) is 4.39 Å². The van der Waals surface area contributed by atoms with Gasteiger partial charge in [-0.1, -0.05) is 12.1 Å². The summed E-state index contributed by atoms with van der Waals surface area (Å²) < 4.78 is 15.1. The number of likely N-dealkylation sites (N-methyl/N-ethyl adjacent to an activating group) is 1. The molecule has 1 atom stereocenters. The number of aromatic nitrogens is 3. The van der Waals surface area contributed by atoms with Gasteiger partial charge in [0.2, 0.25) is 0 Å². The zero-order valence-electron chi connectivity index (χ0n) is 13.7. The molecular weight excluding hydrogens is 311 g/mol. The summed E-state index contributed by atoms with van der Waals surface area (Å²) in [6.45, 7) is 2.79. The summed E-state index contributed by atoms with van der Waals surface area (Å²) in [5.74, 6) is 3.27. The molecule has 1 aliphatic heterocycles. The van der Waals surface area contributed by atoms with E-state index in [-0.39, 0.29) is 5.82 Å². The highest BCUT2D eigenvalue weighted by Gasteiger charge is 2.26. The van der Waals surface area contributed by atoms with E-state index in [1.54, 1.807) is 0 Å². The summed E-state index contributed by atoms with van der Waals surface area (Å²) in [6.07, 6.45) is 4.12. The molecule has 1 unspecified atom stereocenters. The number of aryl methyl sites for hydroxylation is 1. The van der Waals surface area contributed by atoms with E-state index < -0.39 is 0 Å². The molecule has 1 aromatic heterocycles. The maximum atomic E-state index is 13.1. The molecular formula is C17H23FN4S. The molecule has 1 aromatic carbocycles. The largest absolute Gasteiger partial charge is 0.306 e. The predicted molar refractivity (Wildman–Crippen MR) is 92.5 cm³/mol. The van der Waals surface area contributed by atoms with Crippen molar-refractivity contribution in [1.29, 1.82) is 0 Å². The van der Waals surface area contributed by atoms with E-state index in [2.05, 4.69) is 18.2 Å². The fourth-order valence-electron chi connectivity index (χ4n) is 3.03. The molecule has 0 amide bonds. The van der Waals surface area contributed by atoms with Gasteiger partial charge in [0.15, 0.2) is 5.82 Å². The molecule has 0 radical (unpaired) electrons. The van der Waals surface area contributed by atoms with Crippen LogP contribution >= 0.6 is 11.8 Å². The van der Waals surface area contributed by atoms with Crippen LogP contribution in [0.5, 0.6) is 0 Å². The van der Waals surface area contributed by atoms with Gasteiger partial charge in [-0.25, -0.2) is 14.1 Å². The highest BCUT2D eigenvalue weighted by molar-refractivity contribution is 7.98. The molecule has 0 spiro atoms. The van der Waals surface area contributed by atoms with Crippen molar-refractivity contribution in [3.05, 3.63) is 47.3 Å². The van der Waals surface area contributed by atoms with Gasteiger partial charge in [-0.3, -0.25) is 0 Å². The van der Waals surface area contributed by atoms with Crippen LogP contribution in [0.25, 0.3) is 0 Å². The Bertz CT molecular complexity index is 641. The Labute approximate surface area is 141 Å². The summed E-state index contributed by atoms with van der Waals surface area (Å²) >= 11 is 1.81. The maximum Gasteiger partial charge on any atom is 0.151 e. The maximum absolute atomic E-state index is 13.1. The van der Waals surface area contributed by atoms with Crippen molar-refractivity contribution >= 4 is 11.8 Å². The summed E-state index contributed by atoms with van der Waals surface area (Å²) in [6, 6.07) is 6.65. The normalized spacial score (nSPS) is 18.7. The quantitative estimate of drug-likeness (QED) is 0.813. The number of hydrogen-bond acceptors (Lipinski definition) is 4. The van der Waals surface area contributed by atoms with Gasteiger partial charge < -0.3 is 4.90 Å². The van der Waals surface area contributed by atoms with E-state index in [4.69, 9.17) is 10.1 Å². The molecule has 0 aliphatic carbocycles. The highest BCUT2D eigenvalue weighted by Crippen LogP contribution is 2.25. The number of halogens is 1. The van der Waals surface area contributed by atoms with Gasteiger partial charge in [0.25, 0.3) is 0 Å². The van der Waals surface area contributed by atoms with Gasteiger partial charge in [-0.2, -0.15) is 16.9 Å². The molecule has 4 nitrogen and oxygen atoms in total. The fourth-order valence-corrected chi connectivity index (χ4v) is 3.42. The Morgan fingerprint density at radius 3 is 2.74 bits per heavy atom. The van der Waals surface area contributed by atoms with Crippen LogP contribution < -0.4 is 0 Å². The number of thioether (sulfide) groups is 1. The van der Waals surface area contributed by atoms with E-state index >= 15 is 0 Å². The lowest BCUT2D eigenvalue weighted by Crippen LogP contribution is -2.16. The van der Waals surface area contributed by atoms with Crippen molar-refractivity contribution in [2.75, 3.05) is 32.1 Å². The minimum atomic E-state index is -0.203. The SMILES string of the molecule is CSCCc1nc(C2CCN(C)C2)n(Cc2ccc(F)cc2)n1. The van der Waals surface area contributed by atoms with E-state index in [0.29, 0.717) is 12.5 Å². The second-order valence-electron chi connectivity index (χ2n) is 6.16. The number of hydrogen-bond donors (Lipinski definition) is 0. The summed E-state index contributed by atoms with van der Waals surface area (Å²) in [5.41, 5.74) is 1.06. The van der Waals surface area contributed by atoms with E-state index in [1.807, 2.05) is 28.6 Å². The van der Waals surface area contributed by atoms with E-state index in [0.717, 1.165) is 48.9 Å². The topological polar surface area (TPSA) is 34.0 Å². The standard InChI is InChI=1S/C17H23FN4S/c1-21-9-7-14(12-21)17-19-16(8-10-23-2)20-22(17)11-13-3-5-15(18)6-4-13/h3-6,14H,7-12H2,1-2H3. The van der Waals surface area contributed by atoms with Crippen LogP contribution in [-0.2, 0) is 13.0 Å². The van der Waals surface area contributed by atoms with Crippen molar-refractivity contribution in [2.24, 2.45) is 0 Å². The van der Waals surface area contributed by atoms with Gasteiger partial charge in [-0.05, 0) is 44.0 Å². The molecule has 2 aromatic rings. The molecule has 124 valence electrons. The molecule has 3 rings (SSSR count). The Morgan fingerprint density at radius 1 is 1.30 bits per heavy atom. The van der Waals surface area contributed by atoms with Crippen molar-refractivity contribution in [1.82, 2.24) is 19.7 Å². The first-order valence-corrected chi connectivity index (χ1v) is 9.40. The lowest BCUT2D eigenvalue weighted by atomic mass is 10.1. The molecule has 1 fully saturated rings. The molecule has 1 saturated heterocycles. The second-order valence-corrected chi connectivity index (χ2v) is 7.15. The predicted octanol–water partition coefficient (Wildman–Crippen LogP) is 2.79. The fraction of sp³-hybridized carbons (Fsp3) is 0.529. The number of rotatable bonds is 6. The second kappa shape index (κ2) is 7.45. The smallest absolute Gasteiger partial charge is 0.151 e. The Balaban J connectivity index is 1.83. The molecule has 2 heterocycles. The zero-order chi connectivity index (χ0) is 16.2. The third kappa shape index (κ3) is 4.12. The van der Waals surface area contributed by atoms with Gasteiger partial charge in [0, 0.05) is 24.6 Å². The first kappa shape index (κ1) is 16.5.